The first-order valence-electron chi connectivity index (χ1n) is 7.81. The summed E-state index contributed by atoms with van der Waals surface area (Å²) < 4.78 is 11.9. The van der Waals surface area contributed by atoms with Gasteiger partial charge in [0, 0.05) is 18.8 Å². The largest absolute Gasteiger partial charge is 0.492 e. The summed E-state index contributed by atoms with van der Waals surface area (Å²) in [6.07, 6.45) is 3.75. The number of ether oxygens (including phenoxy) is 1. The first kappa shape index (κ1) is 16.3. The van der Waals surface area contributed by atoms with Crippen LogP contribution in [0.4, 0.5) is 0 Å². The fourth-order valence-electron chi connectivity index (χ4n) is 2.65. The van der Waals surface area contributed by atoms with Gasteiger partial charge in [0.15, 0.2) is 0 Å². The number of hydrogen-bond donors (Lipinski definition) is 0. The minimum Gasteiger partial charge on any atom is -0.492 e. The van der Waals surface area contributed by atoms with Crippen LogP contribution in [0.1, 0.15) is 19.3 Å². The molecule has 1 aromatic heterocycles. The van der Waals surface area contributed by atoms with E-state index in [0.29, 0.717) is 17.9 Å². The van der Waals surface area contributed by atoms with Crippen molar-refractivity contribution in [1.82, 2.24) is 4.90 Å². The van der Waals surface area contributed by atoms with E-state index in [4.69, 9.17) is 21.4 Å². The second-order valence-corrected chi connectivity index (χ2v) is 7.17. The molecule has 4 nitrogen and oxygen atoms in total. The molecule has 1 aliphatic rings. The third-order valence-electron chi connectivity index (χ3n) is 3.79. The van der Waals surface area contributed by atoms with Gasteiger partial charge < -0.3 is 14.1 Å². The molecular weight excluding hydrogens is 330 g/mol. The number of benzene rings is 1. The predicted octanol–water partition coefficient (Wildman–Crippen LogP) is 3.68. The zero-order valence-electron chi connectivity index (χ0n) is 12.8. The number of hydrogen-bond acceptors (Lipinski definition) is 5. The molecule has 23 heavy (non-hydrogen) atoms. The van der Waals surface area contributed by atoms with Crippen molar-refractivity contribution in [3.63, 3.8) is 0 Å². The summed E-state index contributed by atoms with van der Waals surface area (Å²) in [6.45, 7) is 2.64. The van der Waals surface area contributed by atoms with Crippen molar-refractivity contribution in [1.29, 1.82) is 0 Å². The van der Waals surface area contributed by atoms with Crippen molar-refractivity contribution in [2.45, 2.75) is 19.3 Å². The van der Waals surface area contributed by atoms with E-state index >= 15 is 0 Å². The molecule has 0 unspecified atom stereocenters. The maximum Gasteiger partial charge on any atom is 0.339 e. The number of piperidine rings is 1. The Morgan fingerprint density at radius 1 is 1.26 bits per heavy atom. The van der Waals surface area contributed by atoms with Crippen molar-refractivity contribution in [2.75, 3.05) is 25.4 Å². The van der Waals surface area contributed by atoms with E-state index in [1.54, 1.807) is 17.8 Å². The van der Waals surface area contributed by atoms with Crippen molar-refractivity contribution < 1.29 is 9.15 Å². The summed E-state index contributed by atoms with van der Waals surface area (Å²) in [5.74, 6) is 1.34. The molecule has 1 aromatic carbocycles. The van der Waals surface area contributed by atoms with Crippen LogP contribution in [0.25, 0.3) is 11.0 Å². The highest BCUT2D eigenvalue weighted by Gasteiger charge is 2.13. The number of rotatable bonds is 4. The van der Waals surface area contributed by atoms with Gasteiger partial charge in [-0.15, -0.1) is 0 Å². The molecule has 122 valence electrons. The van der Waals surface area contributed by atoms with Gasteiger partial charge in [-0.2, -0.15) is 0 Å². The summed E-state index contributed by atoms with van der Waals surface area (Å²) in [5.41, 5.74) is 0.154. The molecule has 2 heterocycles. The Hall–Kier alpha value is -1.53. The number of fused-ring (bicyclic) bond motifs is 1. The molecule has 0 spiro atoms. The van der Waals surface area contributed by atoms with Gasteiger partial charge in [0.1, 0.15) is 15.7 Å². The highest BCUT2D eigenvalue weighted by atomic mass is 32.2. The Kier molecular flexibility index (Phi) is 5.56. The maximum atomic E-state index is 11.6. The van der Waals surface area contributed by atoms with Gasteiger partial charge in [0.05, 0.1) is 18.1 Å². The quantitative estimate of drug-likeness (QED) is 0.477. The third kappa shape index (κ3) is 4.26. The lowest BCUT2D eigenvalue weighted by atomic mass is 10.1. The van der Waals surface area contributed by atoms with E-state index in [0.717, 1.165) is 28.5 Å². The van der Waals surface area contributed by atoms with Gasteiger partial charge in [-0.25, -0.2) is 4.79 Å². The van der Waals surface area contributed by atoms with Crippen LogP contribution in [0, 0.1) is 0 Å². The zero-order valence-corrected chi connectivity index (χ0v) is 14.5. The number of likely N-dealkylation sites (tertiary alicyclic amines) is 1. The van der Waals surface area contributed by atoms with E-state index in [2.05, 4.69) is 4.90 Å². The average Bonchev–Trinajstić information content (AvgIpc) is 2.59. The number of nitrogens with zero attached hydrogens (tertiary/aromatic N) is 1. The summed E-state index contributed by atoms with van der Waals surface area (Å²) >= 11 is 7.11. The standard InChI is InChI=1S/C17H19NO3S2/c19-16-12-15(13-6-2-3-7-14(13)21-16)20-10-11-23-17(22)18-8-4-1-5-9-18/h2-3,6-7,12H,1,4-5,8-11H2. The van der Waals surface area contributed by atoms with Gasteiger partial charge in [0.2, 0.25) is 0 Å². The van der Waals surface area contributed by atoms with E-state index in [9.17, 15) is 4.79 Å². The molecule has 3 rings (SSSR count). The van der Waals surface area contributed by atoms with Crippen LogP contribution in [-0.4, -0.2) is 34.7 Å². The highest BCUT2D eigenvalue weighted by molar-refractivity contribution is 8.22. The molecule has 0 radical (unpaired) electrons. The Bertz CT molecular complexity index is 738. The van der Waals surface area contributed by atoms with Crippen LogP contribution in [0.2, 0.25) is 0 Å². The van der Waals surface area contributed by atoms with E-state index < -0.39 is 5.63 Å². The second-order valence-electron chi connectivity index (χ2n) is 5.44. The van der Waals surface area contributed by atoms with Crippen molar-refractivity contribution in [3.8, 4) is 5.75 Å². The van der Waals surface area contributed by atoms with Crippen LogP contribution in [-0.2, 0) is 0 Å². The lowest BCUT2D eigenvalue weighted by Crippen LogP contribution is -2.33. The molecule has 1 fully saturated rings. The van der Waals surface area contributed by atoms with E-state index in [1.165, 1.54) is 25.3 Å². The Labute approximate surface area is 144 Å². The van der Waals surface area contributed by atoms with Gasteiger partial charge in [-0.1, -0.05) is 36.1 Å². The lowest BCUT2D eigenvalue weighted by Gasteiger charge is -2.28. The number of thioether (sulfide) groups is 1. The Balaban J connectivity index is 1.55. The minimum atomic E-state index is -0.393. The van der Waals surface area contributed by atoms with Crippen LogP contribution >= 0.6 is 24.0 Å². The molecule has 2 aromatic rings. The molecule has 1 aliphatic heterocycles. The fraction of sp³-hybridized carbons (Fsp3) is 0.412. The molecule has 0 atom stereocenters. The van der Waals surface area contributed by atoms with Crippen molar-refractivity contribution >= 4 is 39.3 Å². The zero-order chi connectivity index (χ0) is 16.1. The van der Waals surface area contributed by atoms with E-state index in [-0.39, 0.29) is 0 Å². The molecule has 1 saturated heterocycles. The molecule has 0 amide bonds. The van der Waals surface area contributed by atoms with Gasteiger partial charge in [-0.3, -0.25) is 0 Å². The summed E-state index contributed by atoms with van der Waals surface area (Å²) in [4.78, 5) is 13.8. The molecule has 0 aliphatic carbocycles. The monoisotopic (exact) mass is 349 g/mol. The van der Waals surface area contributed by atoms with Crippen LogP contribution in [0.15, 0.2) is 39.5 Å². The minimum absolute atomic E-state index is 0.393. The van der Waals surface area contributed by atoms with Gasteiger partial charge in [0.25, 0.3) is 0 Å². The van der Waals surface area contributed by atoms with Crippen LogP contribution < -0.4 is 10.4 Å². The smallest absolute Gasteiger partial charge is 0.339 e. The fourth-order valence-corrected chi connectivity index (χ4v) is 3.79. The summed E-state index contributed by atoms with van der Waals surface area (Å²) in [5, 5.41) is 0.815. The summed E-state index contributed by atoms with van der Waals surface area (Å²) in [7, 11) is 0. The molecular formula is C17H19NO3S2. The number of para-hydroxylation sites is 1. The highest BCUT2D eigenvalue weighted by Crippen LogP contribution is 2.23. The van der Waals surface area contributed by atoms with Crippen molar-refractivity contribution in [3.05, 3.63) is 40.8 Å². The molecule has 0 saturated carbocycles. The van der Waals surface area contributed by atoms with Crippen LogP contribution in [0.3, 0.4) is 0 Å². The molecule has 0 bridgehead atoms. The summed E-state index contributed by atoms with van der Waals surface area (Å²) in [6, 6.07) is 8.79. The average molecular weight is 349 g/mol. The van der Waals surface area contributed by atoms with E-state index in [1.807, 2.05) is 18.2 Å². The second kappa shape index (κ2) is 7.84. The molecule has 0 N–H and O–H groups in total. The van der Waals surface area contributed by atoms with Crippen molar-refractivity contribution in [2.24, 2.45) is 0 Å². The SMILES string of the molecule is O=c1cc(OCCSC(=S)N2CCCCC2)c2ccccc2o1. The van der Waals surface area contributed by atoms with Gasteiger partial charge in [-0.05, 0) is 31.4 Å². The first-order valence-corrected chi connectivity index (χ1v) is 9.21. The third-order valence-corrected chi connectivity index (χ3v) is 5.28. The maximum absolute atomic E-state index is 11.6. The molecule has 6 heteroatoms. The normalized spacial score (nSPS) is 14.9. The lowest BCUT2D eigenvalue weighted by molar-refractivity contribution is 0.343. The Morgan fingerprint density at radius 3 is 2.87 bits per heavy atom. The van der Waals surface area contributed by atoms with Gasteiger partial charge >= 0.3 is 5.63 Å². The number of thiocarbonyl (C=S) groups is 1. The predicted molar refractivity (Wildman–Crippen MR) is 98.5 cm³/mol. The Morgan fingerprint density at radius 2 is 2.04 bits per heavy atom. The first-order chi connectivity index (χ1) is 11.2. The van der Waals surface area contributed by atoms with Crippen LogP contribution in [0.5, 0.6) is 5.75 Å². The topological polar surface area (TPSA) is 42.7 Å².